The first-order valence-corrected chi connectivity index (χ1v) is 6.64. The molecule has 0 fully saturated rings. The first kappa shape index (κ1) is 14.0. The van der Waals surface area contributed by atoms with Crippen molar-refractivity contribution in [2.24, 2.45) is 0 Å². The minimum Gasteiger partial charge on any atom is -0.481 e. The van der Waals surface area contributed by atoms with Gasteiger partial charge in [0.1, 0.15) is 5.56 Å². The van der Waals surface area contributed by atoms with Crippen LogP contribution < -0.4 is 10.1 Å². The Morgan fingerprint density at radius 2 is 2.25 bits per heavy atom. The van der Waals surface area contributed by atoms with Gasteiger partial charge in [0, 0.05) is 11.1 Å². The molecule has 2 rings (SSSR count). The van der Waals surface area contributed by atoms with Crippen LogP contribution in [0.1, 0.15) is 15.2 Å². The molecule has 0 spiro atoms. The van der Waals surface area contributed by atoms with E-state index in [9.17, 15) is 9.59 Å². The molecular weight excluding hydrogens is 280 g/mol. The second kappa shape index (κ2) is 6.67. The highest BCUT2D eigenvalue weighted by Crippen LogP contribution is 2.15. The zero-order valence-electron chi connectivity index (χ0n) is 10.4. The highest BCUT2D eigenvalue weighted by atomic mass is 32.1. The summed E-state index contributed by atoms with van der Waals surface area (Å²) in [6.45, 7) is 0.177. The Bertz CT molecular complexity index is 598. The third kappa shape index (κ3) is 3.79. The summed E-state index contributed by atoms with van der Waals surface area (Å²) >= 11 is 1.54. The fraction of sp³-hybridized carbons (Fsp3) is 0.154. The van der Waals surface area contributed by atoms with Crippen LogP contribution in [0.3, 0.4) is 0 Å². The van der Waals surface area contributed by atoms with E-state index in [4.69, 9.17) is 9.84 Å². The van der Waals surface area contributed by atoms with E-state index in [-0.39, 0.29) is 23.8 Å². The van der Waals surface area contributed by atoms with Crippen molar-refractivity contribution in [1.29, 1.82) is 0 Å². The van der Waals surface area contributed by atoms with Crippen molar-refractivity contribution in [1.82, 2.24) is 10.3 Å². The Morgan fingerprint density at radius 1 is 1.40 bits per heavy atom. The van der Waals surface area contributed by atoms with Crippen molar-refractivity contribution in [2.75, 3.05) is 6.61 Å². The second-order valence-electron chi connectivity index (χ2n) is 3.82. The number of amides is 1. The lowest BCUT2D eigenvalue weighted by atomic mass is 10.2. The molecule has 0 aliphatic rings. The Morgan fingerprint density at radius 3 is 2.95 bits per heavy atom. The van der Waals surface area contributed by atoms with Gasteiger partial charge in [-0.3, -0.25) is 9.78 Å². The molecule has 0 aromatic carbocycles. The number of carbonyl (C=O) groups is 2. The van der Waals surface area contributed by atoms with Crippen molar-refractivity contribution < 1.29 is 19.4 Å². The van der Waals surface area contributed by atoms with Crippen LogP contribution in [0.5, 0.6) is 5.75 Å². The van der Waals surface area contributed by atoms with E-state index in [1.165, 1.54) is 18.5 Å². The van der Waals surface area contributed by atoms with Gasteiger partial charge in [-0.25, -0.2) is 4.79 Å². The number of thiophene rings is 1. The van der Waals surface area contributed by atoms with Crippen molar-refractivity contribution >= 4 is 23.2 Å². The molecule has 104 valence electrons. The van der Waals surface area contributed by atoms with Gasteiger partial charge in [-0.2, -0.15) is 0 Å². The molecule has 0 radical (unpaired) electrons. The molecule has 2 aromatic heterocycles. The number of rotatable bonds is 6. The third-order valence-corrected chi connectivity index (χ3v) is 3.29. The summed E-state index contributed by atoms with van der Waals surface area (Å²) in [5.74, 6) is -1.37. The quantitative estimate of drug-likeness (QED) is 0.843. The lowest BCUT2D eigenvalue weighted by molar-refractivity contribution is -0.123. The van der Waals surface area contributed by atoms with Crippen LogP contribution in [0.4, 0.5) is 0 Å². The molecule has 0 saturated heterocycles. The summed E-state index contributed by atoms with van der Waals surface area (Å²) in [6, 6.07) is 5.13. The van der Waals surface area contributed by atoms with Gasteiger partial charge in [-0.15, -0.1) is 11.3 Å². The summed E-state index contributed by atoms with van der Waals surface area (Å²) in [5.41, 5.74) is -0.0222. The molecule has 2 heterocycles. The second-order valence-corrected chi connectivity index (χ2v) is 4.85. The normalized spacial score (nSPS) is 10.0. The van der Waals surface area contributed by atoms with E-state index in [2.05, 4.69) is 10.3 Å². The van der Waals surface area contributed by atoms with Crippen LogP contribution in [0, 0.1) is 0 Å². The summed E-state index contributed by atoms with van der Waals surface area (Å²) in [7, 11) is 0. The molecule has 0 unspecified atom stereocenters. The molecule has 6 nitrogen and oxygen atoms in total. The predicted octanol–water partition coefficient (Wildman–Crippen LogP) is 1.54. The van der Waals surface area contributed by atoms with Crippen LogP contribution in [0.2, 0.25) is 0 Å². The summed E-state index contributed by atoms with van der Waals surface area (Å²) < 4.78 is 5.18. The number of aromatic carboxylic acids is 1. The van der Waals surface area contributed by atoms with Crippen LogP contribution in [0.25, 0.3) is 0 Å². The van der Waals surface area contributed by atoms with Crippen molar-refractivity contribution in [3.63, 3.8) is 0 Å². The number of ether oxygens (including phenoxy) is 1. The average molecular weight is 292 g/mol. The Balaban J connectivity index is 1.85. The number of carbonyl (C=O) groups excluding carboxylic acids is 1. The number of pyridine rings is 1. The molecule has 0 aliphatic heterocycles. The summed E-state index contributed by atoms with van der Waals surface area (Å²) in [4.78, 5) is 27.3. The van der Waals surface area contributed by atoms with E-state index < -0.39 is 5.97 Å². The Hall–Kier alpha value is -2.41. The highest BCUT2D eigenvalue weighted by Gasteiger charge is 2.12. The lowest BCUT2D eigenvalue weighted by Crippen LogP contribution is -2.28. The minimum absolute atomic E-state index is 0.0222. The third-order valence-electron chi connectivity index (χ3n) is 2.41. The molecule has 0 atom stereocenters. The maximum absolute atomic E-state index is 11.6. The number of nitrogens with one attached hydrogen (secondary N) is 1. The monoisotopic (exact) mass is 292 g/mol. The molecule has 1 amide bonds. The van der Waals surface area contributed by atoms with Crippen LogP contribution in [-0.2, 0) is 11.3 Å². The van der Waals surface area contributed by atoms with Gasteiger partial charge in [0.2, 0.25) is 0 Å². The molecular formula is C13H12N2O4S. The predicted molar refractivity (Wildman–Crippen MR) is 72.9 cm³/mol. The van der Waals surface area contributed by atoms with Gasteiger partial charge in [0.05, 0.1) is 12.7 Å². The number of aromatic nitrogens is 1. The van der Waals surface area contributed by atoms with Gasteiger partial charge in [0.15, 0.2) is 12.4 Å². The number of carboxylic acid groups (broad SMARTS) is 1. The molecule has 7 heteroatoms. The Kier molecular flexibility index (Phi) is 4.67. The number of hydrogen-bond acceptors (Lipinski definition) is 5. The standard InChI is InChI=1S/C13H12N2O4S/c16-12(15-6-9-2-1-5-20-9)8-19-11-7-14-4-3-10(11)13(17)18/h1-5,7H,6,8H2,(H,15,16)(H,17,18). The fourth-order valence-corrected chi connectivity index (χ4v) is 2.11. The van der Waals surface area contributed by atoms with E-state index in [0.29, 0.717) is 6.54 Å². The van der Waals surface area contributed by atoms with E-state index >= 15 is 0 Å². The topological polar surface area (TPSA) is 88.5 Å². The summed E-state index contributed by atoms with van der Waals surface area (Å²) in [5, 5.41) is 13.6. The number of hydrogen-bond donors (Lipinski definition) is 2. The van der Waals surface area contributed by atoms with Crippen molar-refractivity contribution in [3.8, 4) is 5.75 Å². The lowest BCUT2D eigenvalue weighted by Gasteiger charge is -2.08. The molecule has 2 N–H and O–H groups in total. The fourth-order valence-electron chi connectivity index (χ4n) is 1.46. The van der Waals surface area contributed by atoms with Crippen molar-refractivity contribution in [2.45, 2.75) is 6.54 Å². The maximum Gasteiger partial charge on any atom is 0.339 e. The van der Waals surface area contributed by atoms with Gasteiger partial charge < -0.3 is 15.2 Å². The highest BCUT2D eigenvalue weighted by molar-refractivity contribution is 7.09. The molecule has 0 bridgehead atoms. The molecule has 2 aromatic rings. The van der Waals surface area contributed by atoms with Crippen LogP contribution >= 0.6 is 11.3 Å². The van der Waals surface area contributed by atoms with E-state index in [1.54, 1.807) is 11.3 Å². The van der Waals surface area contributed by atoms with Gasteiger partial charge in [-0.1, -0.05) is 6.07 Å². The smallest absolute Gasteiger partial charge is 0.339 e. The molecule has 0 saturated carbocycles. The SMILES string of the molecule is O=C(COc1cnccc1C(=O)O)NCc1cccs1. The maximum atomic E-state index is 11.6. The van der Waals surface area contributed by atoms with Gasteiger partial charge in [0.25, 0.3) is 5.91 Å². The minimum atomic E-state index is -1.12. The first-order chi connectivity index (χ1) is 9.66. The molecule has 0 aliphatic carbocycles. The average Bonchev–Trinajstić information content (AvgIpc) is 2.96. The summed E-state index contributed by atoms with van der Waals surface area (Å²) in [6.07, 6.45) is 2.63. The number of nitrogens with zero attached hydrogens (tertiary/aromatic N) is 1. The van der Waals surface area contributed by atoms with Gasteiger partial charge in [-0.05, 0) is 17.5 Å². The number of carboxylic acids is 1. The van der Waals surface area contributed by atoms with Gasteiger partial charge >= 0.3 is 5.97 Å². The zero-order chi connectivity index (χ0) is 14.4. The molecule has 20 heavy (non-hydrogen) atoms. The zero-order valence-corrected chi connectivity index (χ0v) is 11.2. The van der Waals surface area contributed by atoms with Crippen LogP contribution in [0.15, 0.2) is 36.0 Å². The van der Waals surface area contributed by atoms with Crippen LogP contribution in [-0.4, -0.2) is 28.6 Å². The first-order valence-electron chi connectivity index (χ1n) is 5.76. The van der Waals surface area contributed by atoms with E-state index in [0.717, 1.165) is 4.88 Å². The Labute approximate surface area is 119 Å². The van der Waals surface area contributed by atoms with E-state index in [1.807, 2.05) is 17.5 Å². The largest absolute Gasteiger partial charge is 0.481 e. The van der Waals surface area contributed by atoms with Crippen molar-refractivity contribution in [3.05, 3.63) is 46.4 Å².